The van der Waals surface area contributed by atoms with Gasteiger partial charge in [0.05, 0.1) is 5.69 Å². The van der Waals surface area contributed by atoms with Crippen LogP contribution in [0.15, 0.2) is 0 Å². The second kappa shape index (κ2) is 8.25. The van der Waals surface area contributed by atoms with E-state index in [2.05, 4.69) is 15.6 Å². The maximum atomic E-state index is 12.0. The minimum absolute atomic E-state index is 0.0598. The summed E-state index contributed by atoms with van der Waals surface area (Å²) in [5, 5.41) is 6.71. The maximum Gasteiger partial charge on any atom is 0.275 e. The number of carbonyl (C=O) groups is 2. The first-order valence-corrected chi connectivity index (χ1v) is 9.66. The van der Waals surface area contributed by atoms with Crippen molar-refractivity contribution in [2.24, 2.45) is 0 Å². The van der Waals surface area contributed by atoms with E-state index in [4.69, 9.17) is 0 Å². The molecule has 1 aliphatic rings. The lowest BCUT2D eigenvalue weighted by Gasteiger charge is -2.29. The number of aromatic nitrogens is 1. The molecule has 1 aromatic heterocycles. The van der Waals surface area contributed by atoms with Crippen molar-refractivity contribution in [1.29, 1.82) is 0 Å². The highest BCUT2D eigenvalue weighted by Crippen LogP contribution is 2.17. The molecule has 1 aliphatic heterocycles. The second-order valence-electron chi connectivity index (χ2n) is 7.75. The van der Waals surface area contributed by atoms with Crippen LogP contribution >= 0.6 is 11.3 Å². The molecule has 0 bridgehead atoms. The molecule has 140 valence electrons. The van der Waals surface area contributed by atoms with Crippen LogP contribution < -0.4 is 20.4 Å². The lowest BCUT2D eigenvalue weighted by atomic mass is 10.1. The predicted molar refractivity (Wildman–Crippen MR) is 98.1 cm³/mol. The number of quaternary nitrogens is 2. The van der Waals surface area contributed by atoms with Crippen LogP contribution in [0.25, 0.3) is 0 Å². The molecule has 0 unspecified atom stereocenters. The zero-order chi connectivity index (χ0) is 18.6. The molecule has 25 heavy (non-hydrogen) atoms. The van der Waals surface area contributed by atoms with Crippen LogP contribution in [0.1, 0.15) is 41.1 Å². The number of nitrogens with one attached hydrogen (secondary N) is 4. The fourth-order valence-electron chi connectivity index (χ4n) is 3.07. The fraction of sp³-hybridized carbons (Fsp3) is 0.706. The van der Waals surface area contributed by atoms with Gasteiger partial charge in [-0.3, -0.25) is 9.59 Å². The number of thiazole rings is 1. The van der Waals surface area contributed by atoms with E-state index in [0.717, 1.165) is 43.4 Å². The molecule has 1 saturated heterocycles. The van der Waals surface area contributed by atoms with E-state index in [9.17, 15) is 9.59 Å². The summed E-state index contributed by atoms with van der Waals surface area (Å²) in [5.74, 6) is 0.0621. The van der Waals surface area contributed by atoms with E-state index in [0.29, 0.717) is 11.4 Å². The number of aryl methyl sites for hydroxylation is 1. The molecular formula is C17H31N5O2S+2. The number of amides is 2. The molecule has 0 atom stereocenters. The Hall–Kier alpha value is -1.51. The monoisotopic (exact) mass is 369 g/mol. The summed E-state index contributed by atoms with van der Waals surface area (Å²) in [7, 11) is 1.64. The van der Waals surface area contributed by atoms with Crippen molar-refractivity contribution in [1.82, 2.24) is 15.6 Å². The minimum Gasteiger partial charge on any atom is -0.354 e. The highest BCUT2D eigenvalue weighted by molar-refractivity contribution is 7.13. The smallest absolute Gasteiger partial charge is 0.275 e. The maximum absolute atomic E-state index is 12.0. The Balaban J connectivity index is 1.81. The van der Waals surface area contributed by atoms with Crippen LogP contribution in [0, 0.1) is 6.92 Å². The minimum atomic E-state index is -0.172. The molecule has 8 heteroatoms. The van der Waals surface area contributed by atoms with Crippen molar-refractivity contribution < 1.29 is 19.4 Å². The van der Waals surface area contributed by atoms with Gasteiger partial charge in [0.15, 0.2) is 6.54 Å². The lowest BCUT2D eigenvalue weighted by Crippen LogP contribution is -3.28. The van der Waals surface area contributed by atoms with Gasteiger partial charge < -0.3 is 20.4 Å². The molecule has 0 aliphatic carbocycles. The summed E-state index contributed by atoms with van der Waals surface area (Å²) in [6, 6.07) is 0. The zero-order valence-electron chi connectivity index (χ0n) is 15.9. The van der Waals surface area contributed by atoms with E-state index in [1.54, 1.807) is 7.05 Å². The van der Waals surface area contributed by atoms with Gasteiger partial charge in [0.2, 0.25) is 0 Å². The highest BCUT2D eigenvalue weighted by atomic mass is 32.1. The van der Waals surface area contributed by atoms with Crippen LogP contribution in [0.2, 0.25) is 0 Å². The molecule has 1 fully saturated rings. The molecule has 0 saturated carbocycles. The molecule has 4 N–H and O–H groups in total. The van der Waals surface area contributed by atoms with Gasteiger partial charge in [-0.05, 0) is 27.7 Å². The highest BCUT2D eigenvalue weighted by Gasteiger charge is 2.27. The Bertz CT molecular complexity index is 615. The third kappa shape index (κ3) is 6.05. The molecule has 0 aromatic carbocycles. The second-order valence-corrected chi connectivity index (χ2v) is 8.84. The van der Waals surface area contributed by atoms with Crippen molar-refractivity contribution >= 4 is 23.2 Å². The quantitative estimate of drug-likeness (QED) is 0.485. The number of piperazine rings is 1. The number of rotatable bonds is 5. The van der Waals surface area contributed by atoms with Crippen LogP contribution in [-0.4, -0.2) is 62.1 Å². The largest absolute Gasteiger partial charge is 0.354 e. The summed E-state index contributed by atoms with van der Waals surface area (Å²) in [6.45, 7) is 13.3. The molecular weight excluding hydrogens is 338 g/mol. The van der Waals surface area contributed by atoms with Gasteiger partial charge in [-0.15, -0.1) is 11.3 Å². The first-order chi connectivity index (χ1) is 11.7. The zero-order valence-corrected chi connectivity index (χ0v) is 16.7. The summed E-state index contributed by atoms with van der Waals surface area (Å²) in [6.07, 6.45) is 0. The van der Waals surface area contributed by atoms with Gasteiger partial charge in [-0.2, -0.15) is 0 Å². The first-order valence-electron chi connectivity index (χ1n) is 8.84. The molecule has 0 spiro atoms. The van der Waals surface area contributed by atoms with Crippen molar-refractivity contribution in [3.05, 3.63) is 15.6 Å². The topological polar surface area (TPSA) is 80.0 Å². The van der Waals surface area contributed by atoms with Gasteiger partial charge in [0.1, 0.15) is 42.6 Å². The SMILES string of the molecule is CNC(=O)c1sc(C[NH+]2CC[NH+](CC(=O)NC(C)(C)C)CC2)nc1C. The summed E-state index contributed by atoms with van der Waals surface area (Å²) in [5.41, 5.74) is 0.635. The van der Waals surface area contributed by atoms with Crippen molar-refractivity contribution in [3.8, 4) is 0 Å². The van der Waals surface area contributed by atoms with Gasteiger partial charge in [0, 0.05) is 12.6 Å². The molecule has 2 amide bonds. The molecule has 2 rings (SSSR count). The standard InChI is InChI=1S/C17H29N5O2S/c1-12-15(16(24)18-5)25-14(19-12)11-22-8-6-21(7-9-22)10-13(23)20-17(2,3)4/h6-11H2,1-5H3,(H,18,24)(H,20,23)/p+2. The number of hydrogen-bond acceptors (Lipinski definition) is 4. The summed E-state index contributed by atoms with van der Waals surface area (Å²) < 4.78 is 0. The van der Waals surface area contributed by atoms with Crippen molar-refractivity contribution in [2.75, 3.05) is 39.8 Å². The Labute approximate surface area is 153 Å². The van der Waals surface area contributed by atoms with E-state index in [1.807, 2.05) is 27.7 Å². The first kappa shape index (κ1) is 19.8. The van der Waals surface area contributed by atoms with E-state index >= 15 is 0 Å². The van der Waals surface area contributed by atoms with Gasteiger partial charge >= 0.3 is 0 Å². The number of hydrogen-bond donors (Lipinski definition) is 4. The predicted octanol–water partition coefficient (Wildman–Crippen LogP) is -1.99. The fourth-order valence-corrected chi connectivity index (χ4v) is 4.15. The van der Waals surface area contributed by atoms with Crippen LogP contribution in [-0.2, 0) is 11.3 Å². The molecule has 7 nitrogen and oxygen atoms in total. The van der Waals surface area contributed by atoms with Gasteiger partial charge in [0.25, 0.3) is 11.8 Å². The Morgan fingerprint density at radius 2 is 1.76 bits per heavy atom. The third-order valence-electron chi connectivity index (χ3n) is 4.26. The Morgan fingerprint density at radius 3 is 2.32 bits per heavy atom. The Kier molecular flexibility index (Phi) is 6.53. The number of nitrogens with zero attached hydrogens (tertiary/aromatic N) is 1. The number of carbonyl (C=O) groups excluding carboxylic acids is 2. The molecule has 2 heterocycles. The average Bonchev–Trinajstić information content (AvgIpc) is 2.87. The summed E-state index contributed by atoms with van der Waals surface area (Å²) >= 11 is 1.49. The van der Waals surface area contributed by atoms with Crippen LogP contribution in [0.4, 0.5) is 0 Å². The Morgan fingerprint density at radius 1 is 1.16 bits per heavy atom. The van der Waals surface area contributed by atoms with Gasteiger partial charge in [-0.1, -0.05) is 0 Å². The van der Waals surface area contributed by atoms with Crippen molar-refractivity contribution in [3.63, 3.8) is 0 Å². The van der Waals surface area contributed by atoms with Gasteiger partial charge in [-0.25, -0.2) is 4.98 Å². The summed E-state index contributed by atoms with van der Waals surface area (Å²) in [4.78, 5) is 31.9. The van der Waals surface area contributed by atoms with E-state index in [-0.39, 0.29) is 17.4 Å². The normalized spacial score (nSPS) is 21.0. The molecule has 1 aromatic rings. The van der Waals surface area contributed by atoms with Crippen LogP contribution in [0.5, 0.6) is 0 Å². The van der Waals surface area contributed by atoms with Crippen LogP contribution in [0.3, 0.4) is 0 Å². The van der Waals surface area contributed by atoms with E-state index < -0.39 is 0 Å². The lowest BCUT2D eigenvalue weighted by molar-refractivity contribution is -1.02. The third-order valence-corrected chi connectivity index (χ3v) is 5.42. The van der Waals surface area contributed by atoms with E-state index in [1.165, 1.54) is 21.1 Å². The molecule has 0 radical (unpaired) electrons. The average molecular weight is 370 g/mol. The van der Waals surface area contributed by atoms with Crippen molar-refractivity contribution in [2.45, 2.75) is 39.8 Å².